The average Bonchev–Trinajstić information content (AvgIpc) is 2.22. The fourth-order valence-corrected chi connectivity index (χ4v) is 1.79. The predicted molar refractivity (Wildman–Crippen MR) is 73.5 cm³/mol. The number of nitrogens with one attached hydrogen (secondary N) is 1. The molecule has 1 unspecified atom stereocenters. The average molecular weight is 257 g/mol. The van der Waals surface area contributed by atoms with Crippen molar-refractivity contribution < 1.29 is 4.79 Å². The van der Waals surface area contributed by atoms with Crippen molar-refractivity contribution in [2.45, 2.75) is 33.2 Å². The molecule has 0 fully saturated rings. The number of carbonyl (C=O) groups is 1. The van der Waals surface area contributed by atoms with Gasteiger partial charge in [0.2, 0.25) is 5.91 Å². The number of rotatable bonds is 4. The Kier molecular flexibility index (Phi) is 6.85. The van der Waals surface area contributed by atoms with Gasteiger partial charge in [0.25, 0.3) is 0 Å². The minimum atomic E-state index is -0.0998. The van der Waals surface area contributed by atoms with Crippen LogP contribution in [0, 0.1) is 13.8 Å². The van der Waals surface area contributed by atoms with E-state index in [0.29, 0.717) is 0 Å². The monoisotopic (exact) mass is 256 g/mol. The molecule has 1 rings (SSSR count). The third-order valence-corrected chi connectivity index (χ3v) is 2.62. The lowest BCUT2D eigenvalue weighted by Crippen LogP contribution is -2.38. The minimum absolute atomic E-state index is 0. The Hall–Kier alpha value is -1.06. The third-order valence-electron chi connectivity index (χ3n) is 2.62. The summed E-state index contributed by atoms with van der Waals surface area (Å²) in [6.45, 7) is 6.22. The molecule has 3 N–H and O–H groups in total. The van der Waals surface area contributed by atoms with Crippen LogP contribution in [0.25, 0.3) is 0 Å². The fraction of sp³-hybridized carbons (Fsp3) is 0.462. The maximum atomic E-state index is 11.1. The van der Waals surface area contributed by atoms with Crippen molar-refractivity contribution in [1.29, 1.82) is 0 Å². The molecule has 96 valence electrons. The first kappa shape index (κ1) is 15.9. The minimum Gasteiger partial charge on any atom is -0.352 e. The van der Waals surface area contributed by atoms with Crippen LogP contribution in [0.4, 0.5) is 0 Å². The molecule has 0 saturated carbocycles. The highest BCUT2D eigenvalue weighted by Crippen LogP contribution is 2.12. The van der Waals surface area contributed by atoms with Gasteiger partial charge in [-0.3, -0.25) is 4.79 Å². The summed E-state index contributed by atoms with van der Waals surface area (Å²) in [4.78, 5) is 11.1. The lowest BCUT2D eigenvalue weighted by molar-refractivity contribution is -0.120. The number of aryl methyl sites for hydroxylation is 2. The summed E-state index contributed by atoms with van der Waals surface area (Å²) in [5.74, 6) is -0.0998. The number of halogens is 1. The van der Waals surface area contributed by atoms with E-state index in [0.717, 1.165) is 6.42 Å². The maximum absolute atomic E-state index is 11.1. The summed E-state index contributed by atoms with van der Waals surface area (Å²) < 4.78 is 0. The van der Waals surface area contributed by atoms with Crippen molar-refractivity contribution >= 4 is 18.3 Å². The van der Waals surface area contributed by atoms with Crippen LogP contribution in [0.3, 0.4) is 0 Å². The Morgan fingerprint density at radius 3 is 2.59 bits per heavy atom. The molecule has 0 heterocycles. The van der Waals surface area contributed by atoms with Crippen molar-refractivity contribution in [2.24, 2.45) is 5.73 Å². The molecule has 1 aromatic rings. The van der Waals surface area contributed by atoms with Crippen molar-refractivity contribution in [3.05, 3.63) is 34.9 Å². The number of hydrogen-bond acceptors (Lipinski definition) is 2. The zero-order chi connectivity index (χ0) is 12.1. The van der Waals surface area contributed by atoms with E-state index in [-0.39, 0.29) is 30.9 Å². The van der Waals surface area contributed by atoms with E-state index >= 15 is 0 Å². The van der Waals surface area contributed by atoms with Crippen molar-refractivity contribution in [1.82, 2.24) is 5.32 Å². The van der Waals surface area contributed by atoms with Crippen molar-refractivity contribution in [3.63, 3.8) is 0 Å². The largest absolute Gasteiger partial charge is 0.352 e. The second kappa shape index (κ2) is 7.30. The zero-order valence-electron chi connectivity index (χ0n) is 10.6. The van der Waals surface area contributed by atoms with Gasteiger partial charge in [-0.15, -0.1) is 12.4 Å². The van der Waals surface area contributed by atoms with Gasteiger partial charge in [0.15, 0.2) is 0 Å². The standard InChI is InChI=1S/C13H20N2O.ClH/c1-9-4-5-12(10(2)6-9)7-11(3)15-13(16)8-14;/h4-6,11H,7-8,14H2,1-3H3,(H,15,16);1H. The molecule has 0 saturated heterocycles. The topological polar surface area (TPSA) is 55.1 Å². The molecule has 1 aromatic carbocycles. The summed E-state index contributed by atoms with van der Waals surface area (Å²) in [5, 5.41) is 2.86. The van der Waals surface area contributed by atoms with Gasteiger partial charge >= 0.3 is 0 Å². The first-order valence-electron chi connectivity index (χ1n) is 5.58. The molecule has 1 amide bonds. The van der Waals surface area contributed by atoms with Gasteiger partial charge in [0.1, 0.15) is 0 Å². The van der Waals surface area contributed by atoms with Gasteiger partial charge in [0, 0.05) is 6.04 Å². The van der Waals surface area contributed by atoms with Crippen LogP contribution in [-0.4, -0.2) is 18.5 Å². The molecule has 3 nitrogen and oxygen atoms in total. The van der Waals surface area contributed by atoms with Gasteiger partial charge in [0.05, 0.1) is 6.54 Å². The van der Waals surface area contributed by atoms with Gasteiger partial charge < -0.3 is 11.1 Å². The van der Waals surface area contributed by atoms with Crippen LogP contribution in [-0.2, 0) is 11.2 Å². The summed E-state index contributed by atoms with van der Waals surface area (Å²) >= 11 is 0. The molecule has 17 heavy (non-hydrogen) atoms. The first-order valence-corrected chi connectivity index (χ1v) is 5.58. The number of carbonyl (C=O) groups excluding carboxylic acids is 1. The summed E-state index contributed by atoms with van der Waals surface area (Å²) in [5.41, 5.74) is 9.06. The van der Waals surface area contributed by atoms with Crippen LogP contribution in [0.5, 0.6) is 0 Å². The molecule has 0 spiro atoms. The fourth-order valence-electron chi connectivity index (χ4n) is 1.79. The van der Waals surface area contributed by atoms with E-state index in [1.807, 2.05) is 6.92 Å². The SMILES string of the molecule is Cc1ccc(CC(C)NC(=O)CN)c(C)c1.Cl. The molecule has 0 bridgehead atoms. The van der Waals surface area contributed by atoms with E-state index in [1.54, 1.807) is 0 Å². The first-order chi connectivity index (χ1) is 7.52. The Balaban J connectivity index is 0.00000256. The molecule has 1 atom stereocenters. The van der Waals surface area contributed by atoms with E-state index in [1.165, 1.54) is 16.7 Å². The highest BCUT2D eigenvalue weighted by Gasteiger charge is 2.08. The van der Waals surface area contributed by atoms with E-state index in [2.05, 4.69) is 37.4 Å². The zero-order valence-corrected chi connectivity index (χ0v) is 11.4. The highest BCUT2D eigenvalue weighted by atomic mass is 35.5. The predicted octanol–water partition coefficient (Wildman–Crippen LogP) is 1.73. The second-order valence-electron chi connectivity index (χ2n) is 4.31. The normalized spacial score (nSPS) is 11.5. The number of amides is 1. The molecule has 0 aliphatic carbocycles. The molecule has 0 aliphatic rings. The van der Waals surface area contributed by atoms with Crippen LogP contribution in [0.1, 0.15) is 23.6 Å². The summed E-state index contributed by atoms with van der Waals surface area (Å²) in [7, 11) is 0. The van der Waals surface area contributed by atoms with Crippen LogP contribution >= 0.6 is 12.4 Å². The van der Waals surface area contributed by atoms with Crippen LogP contribution in [0.2, 0.25) is 0 Å². The Morgan fingerprint density at radius 1 is 1.41 bits per heavy atom. The van der Waals surface area contributed by atoms with Crippen molar-refractivity contribution in [3.8, 4) is 0 Å². The third kappa shape index (κ3) is 5.20. The van der Waals surface area contributed by atoms with Gasteiger partial charge in [-0.25, -0.2) is 0 Å². The second-order valence-corrected chi connectivity index (χ2v) is 4.31. The summed E-state index contributed by atoms with van der Waals surface area (Å²) in [6, 6.07) is 6.50. The molecular formula is C13H21ClN2O. The molecular weight excluding hydrogens is 236 g/mol. The lowest BCUT2D eigenvalue weighted by atomic mass is 10.00. The number of nitrogens with two attached hydrogens (primary N) is 1. The number of hydrogen-bond donors (Lipinski definition) is 2. The van der Waals surface area contributed by atoms with E-state index in [4.69, 9.17) is 5.73 Å². The van der Waals surface area contributed by atoms with Crippen LogP contribution < -0.4 is 11.1 Å². The smallest absolute Gasteiger partial charge is 0.233 e. The van der Waals surface area contributed by atoms with E-state index < -0.39 is 0 Å². The Morgan fingerprint density at radius 2 is 2.06 bits per heavy atom. The molecule has 0 radical (unpaired) electrons. The Labute approximate surface area is 109 Å². The van der Waals surface area contributed by atoms with Gasteiger partial charge in [-0.05, 0) is 38.3 Å². The van der Waals surface area contributed by atoms with Gasteiger partial charge in [-0.2, -0.15) is 0 Å². The molecule has 4 heteroatoms. The summed E-state index contributed by atoms with van der Waals surface area (Å²) in [6.07, 6.45) is 0.845. The number of benzene rings is 1. The lowest BCUT2D eigenvalue weighted by Gasteiger charge is -2.15. The molecule has 0 aromatic heterocycles. The van der Waals surface area contributed by atoms with Crippen molar-refractivity contribution in [2.75, 3.05) is 6.54 Å². The van der Waals surface area contributed by atoms with E-state index in [9.17, 15) is 4.79 Å². The Bertz CT molecular complexity index is 380. The molecule has 0 aliphatic heterocycles. The maximum Gasteiger partial charge on any atom is 0.233 e. The quantitative estimate of drug-likeness (QED) is 0.862. The van der Waals surface area contributed by atoms with Crippen LogP contribution in [0.15, 0.2) is 18.2 Å². The highest BCUT2D eigenvalue weighted by molar-refractivity contribution is 5.85. The van der Waals surface area contributed by atoms with Gasteiger partial charge in [-0.1, -0.05) is 23.8 Å².